The fourth-order valence-electron chi connectivity index (χ4n) is 3.13. The Balaban J connectivity index is 1.75. The summed E-state index contributed by atoms with van der Waals surface area (Å²) in [5, 5.41) is 3.81. The standard InChI is InChI=1S/C14H21NS/c1-2-12-6-7-13(16-12)10-14(11-4-5-11)8-3-9-15-14/h6-7,11,15H,2-5,8-10H2,1H3. The van der Waals surface area contributed by atoms with Crippen molar-refractivity contribution < 1.29 is 0 Å². The van der Waals surface area contributed by atoms with Crippen LogP contribution in [0.2, 0.25) is 0 Å². The molecule has 1 atom stereocenters. The summed E-state index contributed by atoms with van der Waals surface area (Å²) in [6.07, 6.45) is 8.16. The Morgan fingerprint density at radius 1 is 1.38 bits per heavy atom. The number of hydrogen-bond donors (Lipinski definition) is 1. The van der Waals surface area contributed by atoms with E-state index in [4.69, 9.17) is 0 Å². The van der Waals surface area contributed by atoms with Crippen molar-refractivity contribution in [3.63, 3.8) is 0 Å². The topological polar surface area (TPSA) is 12.0 Å². The number of rotatable bonds is 4. The predicted octanol–water partition coefficient (Wildman–Crippen LogP) is 3.39. The van der Waals surface area contributed by atoms with Crippen molar-refractivity contribution in [1.29, 1.82) is 0 Å². The molecule has 0 bridgehead atoms. The summed E-state index contributed by atoms with van der Waals surface area (Å²) in [6.45, 7) is 3.49. The maximum atomic E-state index is 3.81. The Bertz CT molecular complexity index is 359. The molecule has 2 heterocycles. The molecule has 2 aliphatic rings. The Labute approximate surface area is 102 Å². The van der Waals surface area contributed by atoms with Gasteiger partial charge in [-0.15, -0.1) is 11.3 Å². The van der Waals surface area contributed by atoms with E-state index in [1.54, 1.807) is 9.75 Å². The van der Waals surface area contributed by atoms with Crippen LogP contribution in [0.25, 0.3) is 0 Å². The first kappa shape index (κ1) is 10.8. The largest absolute Gasteiger partial charge is 0.311 e. The molecule has 0 amide bonds. The van der Waals surface area contributed by atoms with Crippen molar-refractivity contribution in [2.75, 3.05) is 6.54 Å². The van der Waals surface area contributed by atoms with Crippen LogP contribution >= 0.6 is 11.3 Å². The highest BCUT2D eigenvalue weighted by atomic mass is 32.1. The molecule has 2 fully saturated rings. The van der Waals surface area contributed by atoms with E-state index in [9.17, 15) is 0 Å². The quantitative estimate of drug-likeness (QED) is 0.843. The molecule has 0 radical (unpaired) electrons. The molecule has 1 N–H and O–H groups in total. The number of hydrogen-bond acceptors (Lipinski definition) is 2. The molecular formula is C14H21NS. The molecule has 88 valence electrons. The van der Waals surface area contributed by atoms with E-state index in [0.29, 0.717) is 5.54 Å². The molecule has 0 spiro atoms. The van der Waals surface area contributed by atoms with E-state index in [1.165, 1.54) is 45.1 Å². The minimum absolute atomic E-state index is 0.482. The first-order valence-electron chi connectivity index (χ1n) is 6.65. The van der Waals surface area contributed by atoms with Gasteiger partial charge in [0.25, 0.3) is 0 Å². The van der Waals surface area contributed by atoms with E-state index in [1.807, 2.05) is 11.3 Å². The van der Waals surface area contributed by atoms with Gasteiger partial charge in [-0.05, 0) is 56.7 Å². The number of aryl methyl sites for hydroxylation is 1. The second kappa shape index (κ2) is 4.15. The smallest absolute Gasteiger partial charge is 0.0258 e. The zero-order valence-corrected chi connectivity index (χ0v) is 10.9. The zero-order valence-electron chi connectivity index (χ0n) is 10.1. The van der Waals surface area contributed by atoms with Gasteiger partial charge in [0.2, 0.25) is 0 Å². The fraction of sp³-hybridized carbons (Fsp3) is 0.714. The van der Waals surface area contributed by atoms with E-state index in [2.05, 4.69) is 24.4 Å². The minimum atomic E-state index is 0.482. The highest BCUT2D eigenvalue weighted by Crippen LogP contribution is 2.46. The molecular weight excluding hydrogens is 214 g/mol. The van der Waals surface area contributed by atoms with Crippen LogP contribution in [0.4, 0.5) is 0 Å². The van der Waals surface area contributed by atoms with Crippen molar-refractivity contribution >= 4 is 11.3 Å². The molecule has 3 rings (SSSR count). The van der Waals surface area contributed by atoms with Crippen LogP contribution in [0.1, 0.15) is 42.4 Å². The fourth-order valence-corrected chi connectivity index (χ4v) is 4.21. The summed E-state index contributed by atoms with van der Waals surface area (Å²) in [6, 6.07) is 4.67. The van der Waals surface area contributed by atoms with Crippen LogP contribution in [0.3, 0.4) is 0 Å². The maximum Gasteiger partial charge on any atom is 0.0258 e. The number of thiophene rings is 1. The van der Waals surface area contributed by atoms with Gasteiger partial charge in [-0.25, -0.2) is 0 Å². The lowest BCUT2D eigenvalue weighted by Gasteiger charge is -2.29. The van der Waals surface area contributed by atoms with E-state index < -0.39 is 0 Å². The molecule has 1 aromatic rings. The van der Waals surface area contributed by atoms with Crippen LogP contribution in [-0.2, 0) is 12.8 Å². The summed E-state index contributed by atoms with van der Waals surface area (Å²) in [4.78, 5) is 3.14. The third kappa shape index (κ3) is 1.93. The van der Waals surface area contributed by atoms with Crippen molar-refractivity contribution in [2.24, 2.45) is 5.92 Å². The Morgan fingerprint density at radius 2 is 2.19 bits per heavy atom. The van der Waals surface area contributed by atoms with E-state index >= 15 is 0 Å². The second-order valence-corrected chi connectivity index (χ2v) is 6.61. The van der Waals surface area contributed by atoms with Gasteiger partial charge in [-0.2, -0.15) is 0 Å². The van der Waals surface area contributed by atoms with Crippen LogP contribution in [-0.4, -0.2) is 12.1 Å². The van der Waals surface area contributed by atoms with Gasteiger partial charge in [-0.1, -0.05) is 6.92 Å². The highest BCUT2D eigenvalue weighted by molar-refractivity contribution is 7.12. The summed E-state index contributed by atoms with van der Waals surface area (Å²) >= 11 is 2.02. The summed E-state index contributed by atoms with van der Waals surface area (Å²) < 4.78 is 0. The van der Waals surface area contributed by atoms with Crippen LogP contribution in [0.5, 0.6) is 0 Å². The molecule has 1 aromatic heterocycles. The lowest BCUT2D eigenvalue weighted by Crippen LogP contribution is -2.43. The third-order valence-electron chi connectivity index (χ3n) is 4.19. The first-order valence-corrected chi connectivity index (χ1v) is 7.47. The monoisotopic (exact) mass is 235 g/mol. The zero-order chi connectivity index (χ0) is 11.0. The number of nitrogens with one attached hydrogen (secondary N) is 1. The predicted molar refractivity (Wildman–Crippen MR) is 70.1 cm³/mol. The molecule has 1 aliphatic heterocycles. The third-order valence-corrected chi connectivity index (χ3v) is 5.42. The molecule has 0 aromatic carbocycles. The average Bonchev–Trinajstić information content (AvgIpc) is 2.90. The molecule has 16 heavy (non-hydrogen) atoms. The van der Waals surface area contributed by atoms with Crippen LogP contribution in [0, 0.1) is 5.92 Å². The van der Waals surface area contributed by atoms with Crippen molar-refractivity contribution in [2.45, 2.75) is 51.0 Å². The molecule has 1 aliphatic carbocycles. The summed E-state index contributed by atoms with van der Waals surface area (Å²) in [5.74, 6) is 0.974. The highest BCUT2D eigenvalue weighted by Gasteiger charge is 2.46. The molecule has 1 nitrogen and oxygen atoms in total. The minimum Gasteiger partial charge on any atom is -0.311 e. The van der Waals surface area contributed by atoms with Gasteiger partial charge < -0.3 is 5.32 Å². The van der Waals surface area contributed by atoms with Gasteiger partial charge in [0, 0.05) is 21.7 Å². The van der Waals surface area contributed by atoms with Gasteiger partial charge in [0.05, 0.1) is 0 Å². The lowest BCUT2D eigenvalue weighted by atomic mass is 9.87. The van der Waals surface area contributed by atoms with Gasteiger partial charge in [0.15, 0.2) is 0 Å². The SMILES string of the molecule is CCc1ccc(CC2(C3CC3)CCCN2)s1. The second-order valence-electron chi connectivity index (χ2n) is 5.36. The van der Waals surface area contributed by atoms with Crippen molar-refractivity contribution in [1.82, 2.24) is 5.32 Å². The van der Waals surface area contributed by atoms with E-state index in [-0.39, 0.29) is 0 Å². The molecule has 1 saturated heterocycles. The molecule has 1 unspecified atom stereocenters. The lowest BCUT2D eigenvalue weighted by molar-refractivity contribution is 0.325. The van der Waals surface area contributed by atoms with Gasteiger partial charge in [0.1, 0.15) is 0 Å². The van der Waals surface area contributed by atoms with Crippen LogP contribution in [0.15, 0.2) is 12.1 Å². The average molecular weight is 235 g/mol. The summed E-state index contributed by atoms with van der Waals surface area (Å²) in [5.41, 5.74) is 0.482. The normalized spacial score (nSPS) is 29.8. The molecule has 2 heteroatoms. The Kier molecular flexibility index (Phi) is 2.80. The summed E-state index contributed by atoms with van der Waals surface area (Å²) in [7, 11) is 0. The maximum absolute atomic E-state index is 3.81. The first-order chi connectivity index (χ1) is 7.82. The Hall–Kier alpha value is -0.340. The van der Waals surface area contributed by atoms with E-state index in [0.717, 1.165) is 5.92 Å². The van der Waals surface area contributed by atoms with Crippen molar-refractivity contribution in [3.05, 3.63) is 21.9 Å². The van der Waals surface area contributed by atoms with Gasteiger partial charge in [-0.3, -0.25) is 0 Å². The Morgan fingerprint density at radius 3 is 2.75 bits per heavy atom. The van der Waals surface area contributed by atoms with Gasteiger partial charge >= 0.3 is 0 Å². The van der Waals surface area contributed by atoms with Crippen LogP contribution < -0.4 is 5.32 Å². The van der Waals surface area contributed by atoms with Crippen molar-refractivity contribution in [3.8, 4) is 0 Å². The molecule has 1 saturated carbocycles.